The van der Waals surface area contributed by atoms with E-state index < -0.39 is 6.09 Å². The number of fused-ring (bicyclic) bond motifs is 2. The van der Waals surface area contributed by atoms with Gasteiger partial charge in [-0.15, -0.1) is 0 Å². The number of ether oxygens (including phenoxy) is 3. The van der Waals surface area contributed by atoms with Crippen LogP contribution in [0.5, 0.6) is 11.6 Å². The molecule has 5 heterocycles. The fraction of sp³-hybridized carbons (Fsp3) is 0.360. The Balaban J connectivity index is 1.13. The summed E-state index contributed by atoms with van der Waals surface area (Å²) in [6.45, 7) is 2.54. The van der Waals surface area contributed by atoms with Crippen molar-refractivity contribution in [1.29, 1.82) is 0 Å². The van der Waals surface area contributed by atoms with Gasteiger partial charge in [0, 0.05) is 43.6 Å². The topological polar surface area (TPSA) is 118 Å². The standard InChI is InChI=1S/C25H26N6O5/c1-34-23-5-3-18-24(29-23)20(6-8-26-18)30-9-7-15(12-30)27-11-17-13-36-25(33)31(17)16-2-4-21-19(10-16)28-22(32)14-35-21/h2-6,8,10,15,17,27H,7,9,11-14H2,1H3,(H,28,32)/t15-,17-/m0/s1. The Morgan fingerprint density at radius 3 is 3.00 bits per heavy atom. The number of pyridine rings is 2. The van der Waals surface area contributed by atoms with E-state index in [1.54, 1.807) is 30.3 Å². The van der Waals surface area contributed by atoms with Crippen LogP contribution < -0.4 is 29.9 Å². The van der Waals surface area contributed by atoms with Gasteiger partial charge in [-0.25, -0.2) is 9.78 Å². The van der Waals surface area contributed by atoms with Crippen molar-refractivity contribution in [2.24, 2.45) is 0 Å². The van der Waals surface area contributed by atoms with Crippen molar-refractivity contribution in [2.75, 3.05) is 55.1 Å². The molecule has 2 aromatic heterocycles. The van der Waals surface area contributed by atoms with E-state index in [-0.39, 0.29) is 24.6 Å². The normalized spacial score (nSPS) is 21.2. The van der Waals surface area contributed by atoms with E-state index in [4.69, 9.17) is 14.2 Å². The molecule has 2 N–H and O–H groups in total. The predicted octanol–water partition coefficient (Wildman–Crippen LogP) is 2.16. The quantitative estimate of drug-likeness (QED) is 0.536. The van der Waals surface area contributed by atoms with Crippen LogP contribution in [0.3, 0.4) is 0 Å². The third-order valence-corrected chi connectivity index (χ3v) is 6.75. The van der Waals surface area contributed by atoms with Gasteiger partial charge in [0.05, 0.1) is 30.0 Å². The largest absolute Gasteiger partial charge is 0.482 e. The van der Waals surface area contributed by atoms with Crippen LogP contribution in [0.25, 0.3) is 11.0 Å². The maximum atomic E-state index is 12.6. The Morgan fingerprint density at radius 2 is 2.11 bits per heavy atom. The number of cyclic esters (lactones) is 1. The summed E-state index contributed by atoms with van der Waals surface area (Å²) in [5.74, 6) is 0.926. The van der Waals surface area contributed by atoms with Crippen molar-refractivity contribution in [1.82, 2.24) is 15.3 Å². The number of hydrogen-bond acceptors (Lipinski definition) is 9. The molecule has 0 unspecified atom stereocenters. The van der Waals surface area contributed by atoms with Gasteiger partial charge in [-0.3, -0.25) is 14.7 Å². The molecule has 2 atom stereocenters. The lowest BCUT2D eigenvalue weighted by atomic mass is 10.1. The van der Waals surface area contributed by atoms with Crippen molar-refractivity contribution in [3.8, 4) is 11.6 Å². The molecular formula is C25H26N6O5. The number of anilines is 3. The molecule has 0 saturated carbocycles. The first kappa shape index (κ1) is 22.4. The number of carbonyl (C=O) groups is 2. The number of methoxy groups -OCH3 is 1. The molecule has 0 spiro atoms. The number of nitrogens with zero attached hydrogens (tertiary/aromatic N) is 4. The molecule has 11 heteroatoms. The molecule has 36 heavy (non-hydrogen) atoms. The molecule has 0 radical (unpaired) electrons. The number of rotatable bonds is 6. The molecule has 186 valence electrons. The van der Waals surface area contributed by atoms with Crippen molar-refractivity contribution >= 4 is 40.1 Å². The van der Waals surface area contributed by atoms with Crippen LogP contribution in [-0.2, 0) is 9.53 Å². The summed E-state index contributed by atoms with van der Waals surface area (Å²) in [5.41, 5.74) is 3.89. The average molecular weight is 491 g/mol. The summed E-state index contributed by atoms with van der Waals surface area (Å²) >= 11 is 0. The van der Waals surface area contributed by atoms with Crippen molar-refractivity contribution in [3.63, 3.8) is 0 Å². The molecule has 11 nitrogen and oxygen atoms in total. The SMILES string of the molecule is COc1ccc2nccc(N3CC[C@H](NC[C@H]4COC(=O)N4c4ccc5c(c4)NC(=O)CO5)C3)c2n1. The minimum Gasteiger partial charge on any atom is -0.482 e. The number of nitrogens with one attached hydrogen (secondary N) is 2. The van der Waals surface area contributed by atoms with Crippen LogP contribution in [-0.4, -0.2) is 74.0 Å². The summed E-state index contributed by atoms with van der Waals surface area (Å²) in [4.78, 5) is 37.2. The first-order valence-electron chi connectivity index (χ1n) is 11.9. The van der Waals surface area contributed by atoms with Gasteiger partial charge in [0.2, 0.25) is 5.88 Å². The maximum Gasteiger partial charge on any atom is 0.414 e. The molecule has 1 aromatic carbocycles. The van der Waals surface area contributed by atoms with E-state index >= 15 is 0 Å². The van der Waals surface area contributed by atoms with Gasteiger partial charge in [0.1, 0.15) is 17.9 Å². The van der Waals surface area contributed by atoms with E-state index in [0.29, 0.717) is 36.2 Å². The monoisotopic (exact) mass is 490 g/mol. The van der Waals surface area contributed by atoms with Gasteiger partial charge < -0.3 is 29.7 Å². The lowest BCUT2D eigenvalue weighted by molar-refractivity contribution is -0.118. The van der Waals surface area contributed by atoms with Crippen LogP contribution in [0, 0.1) is 0 Å². The number of hydrogen-bond donors (Lipinski definition) is 2. The zero-order chi connectivity index (χ0) is 24.6. The smallest absolute Gasteiger partial charge is 0.414 e. The Morgan fingerprint density at radius 1 is 1.19 bits per heavy atom. The molecule has 0 aliphatic carbocycles. The second-order valence-electron chi connectivity index (χ2n) is 9.01. The molecular weight excluding hydrogens is 464 g/mol. The number of carbonyl (C=O) groups excluding carboxylic acids is 2. The van der Waals surface area contributed by atoms with Gasteiger partial charge in [-0.1, -0.05) is 0 Å². The van der Waals surface area contributed by atoms with Crippen LogP contribution in [0.2, 0.25) is 0 Å². The highest BCUT2D eigenvalue weighted by Gasteiger charge is 2.36. The fourth-order valence-corrected chi connectivity index (χ4v) is 4.96. The van der Waals surface area contributed by atoms with Gasteiger partial charge in [-0.05, 0) is 36.8 Å². The van der Waals surface area contributed by atoms with Gasteiger partial charge >= 0.3 is 6.09 Å². The second kappa shape index (κ2) is 9.15. The Labute approximate surface area is 207 Å². The van der Waals surface area contributed by atoms with Gasteiger partial charge in [0.25, 0.3) is 5.91 Å². The van der Waals surface area contributed by atoms with Gasteiger partial charge in [0.15, 0.2) is 6.61 Å². The molecule has 3 aromatic rings. The number of amides is 2. The van der Waals surface area contributed by atoms with E-state index in [1.165, 1.54) is 0 Å². The molecule has 2 amide bonds. The van der Waals surface area contributed by atoms with Gasteiger partial charge in [-0.2, -0.15) is 0 Å². The van der Waals surface area contributed by atoms with Crippen LogP contribution in [0.1, 0.15) is 6.42 Å². The summed E-state index contributed by atoms with van der Waals surface area (Å²) in [5, 5.41) is 6.40. The molecule has 0 bridgehead atoms. The highest BCUT2D eigenvalue weighted by molar-refractivity contribution is 5.97. The Kier molecular flexibility index (Phi) is 5.68. The van der Waals surface area contributed by atoms with E-state index in [0.717, 1.165) is 36.2 Å². The van der Waals surface area contributed by atoms with Crippen molar-refractivity contribution < 1.29 is 23.8 Å². The fourth-order valence-electron chi connectivity index (χ4n) is 4.96. The van der Waals surface area contributed by atoms with Crippen LogP contribution in [0.4, 0.5) is 21.9 Å². The zero-order valence-corrected chi connectivity index (χ0v) is 19.8. The third kappa shape index (κ3) is 4.11. The predicted molar refractivity (Wildman–Crippen MR) is 133 cm³/mol. The van der Waals surface area contributed by atoms with E-state index in [2.05, 4.69) is 25.5 Å². The highest BCUT2D eigenvalue weighted by atomic mass is 16.6. The average Bonchev–Trinajstić information content (AvgIpc) is 3.52. The summed E-state index contributed by atoms with van der Waals surface area (Å²) < 4.78 is 16.1. The summed E-state index contributed by atoms with van der Waals surface area (Å²) in [6.07, 6.45) is 2.36. The molecule has 3 aliphatic rings. The summed E-state index contributed by atoms with van der Waals surface area (Å²) in [7, 11) is 1.61. The Bertz CT molecular complexity index is 1330. The molecule has 2 saturated heterocycles. The van der Waals surface area contributed by atoms with E-state index in [1.807, 2.05) is 24.3 Å². The van der Waals surface area contributed by atoms with E-state index in [9.17, 15) is 9.59 Å². The lowest BCUT2D eigenvalue weighted by Gasteiger charge is -2.26. The molecule has 3 aliphatic heterocycles. The number of aromatic nitrogens is 2. The first-order valence-corrected chi connectivity index (χ1v) is 11.9. The number of benzene rings is 1. The Hall–Kier alpha value is -4.12. The second-order valence-corrected chi connectivity index (χ2v) is 9.01. The lowest BCUT2D eigenvalue weighted by Crippen LogP contribution is -2.45. The minimum atomic E-state index is -0.402. The first-order chi connectivity index (χ1) is 17.6. The zero-order valence-electron chi connectivity index (χ0n) is 19.8. The van der Waals surface area contributed by atoms with Crippen molar-refractivity contribution in [2.45, 2.75) is 18.5 Å². The maximum absolute atomic E-state index is 12.6. The summed E-state index contributed by atoms with van der Waals surface area (Å²) in [6, 6.07) is 11.1. The van der Waals surface area contributed by atoms with Crippen molar-refractivity contribution in [3.05, 3.63) is 42.6 Å². The minimum absolute atomic E-state index is 0.0120. The highest BCUT2D eigenvalue weighted by Crippen LogP contribution is 2.34. The molecule has 6 rings (SSSR count). The molecule has 2 fully saturated rings. The van der Waals surface area contributed by atoms with Crippen LogP contribution in [0.15, 0.2) is 42.6 Å². The third-order valence-electron chi connectivity index (χ3n) is 6.75. The van der Waals surface area contributed by atoms with Crippen LogP contribution >= 0.6 is 0 Å².